The summed E-state index contributed by atoms with van der Waals surface area (Å²) in [6.45, 7) is 0. The van der Waals surface area contributed by atoms with Crippen LogP contribution in [-0.2, 0) is 0 Å². The van der Waals surface area contributed by atoms with E-state index >= 15 is 0 Å². The second-order valence-corrected chi connectivity index (χ2v) is 3.01. The molecular weight excluding hydrogens is 172 g/mol. The summed E-state index contributed by atoms with van der Waals surface area (Å²) in [5.41, 5.74) is 3.68. The van der Waals surface area contributed by atoms with E-state index in [1.807, 2.05) is 18.5 Å². The highest BCUT2D eigenvalue weighted by atomic mass is 32.1. The first-order valence-electron chi connectivity index (χ1n) is 3.52. The predicted octanol–water partition coefficient (Wildman–Crippen LogP) is 1.57. The van der Waals surface area contributed by atoms with E-state index in [0.717, 1.165) is 17.2 Å². The highest BCUT2D eigenvalue weighted by Crippen LogP contribution is 2.18. The van der Waals surface area contributed by atoms with Crippen LogP contribution in [0.2, 0.25) is 0 Å². The summed E-state index contributed by atoms with van der Waals surface area (Å²) in [6.07, 6.45) is 0. The summed E-state index contributed by atoms with van der Waals surface area (Å²) in [7, 11) is 1.83. The molecule has 0 amide bonds. The van der Waals surface area contributed by atoms with Gasteiger partial charge in [0.1, 0.15) is 5.82 Å². The molecule has 0 saturated carbocycles. The van der Waals surface area contributed by atoms with Crippen molar-refractivity contribution < 1.29 is 0 Å². The van der Waals surface area contributed by atoms with E-state index < -0.39 is 0 Å². The van der Waals surface area contributed by atoms with Crippen LogP contribution in [-0.4, -0.2) is 22.2 Å². The predicted molar refractivity (Wildman–Crippen MR) is 49.2 cm³/mol. The van der Waals surface area contributed by atoms with E-state index in [-0.39, 0.29) is 0 Å². The van der Waals surface area contributed by atoms with Gasteiger partial charge >= 0.3 is 0 Å². The molecular formula is C7H8N4S. The molecule has 0 unspecified atom stereocenters. The first kappa shape index (κ1) is 7.30. The fraction of sp³-hybridized carbons (Fsp3) is 0.143. The van der Waals surface area contributed by atoms with Crippen LogP contribution in [0, 0.1) is 0 Å². The molecule has 2 aromatic heterocycles. The van der Waals surface area contributed by atoms with E-state index in [1.165, 1.54) is 0 Å². The van der Waals surface area contributed by atoms with Gasteiger partial charge in [-0.15, -0.1) is 11.3 Å². The molecule has 2 heterocycles. The second kappa shape index (κ2) is 2.94. The average molecular weight is 180 g/mol. The van der Waals surface area contributed by atoms with Gasteiger partial charge in [0.15, 0.2) is 0 Å². The van der Waals surface area contributed by atoms with Crippen LogP contribution in [0.25, 0.3) is 11.4 Å². The molecule has 5 heteroatoms. The maximum Gasteiger partial charge on any atom is 0.148 e. The lowest BCUT2D eigenvalue weighted by Gasteiger charge is -1.86. The Hall–Kier alpha value is -1.36. The monoisotopic (exact) mass is 180 g/mol. The number of nitrogens with one attached hydrogen (secondary N) is 2. The number of hydrogen-bond donors (Lipinski definition) is 2. The Morgan fingerprint density at radius 1 is 1.58 bits per heavy atom. The van der Waals surface area contributed by atoms with E-state index in [1.54, 1.807) is 16.8 Å². The second-order valence-electron chi connectivity index (χ2n) is 2.29. The van der Waals surface area contributed by atoms with Crippen molar-refractivity contribution in [2.75, 3.05) is 12.4 Å². The zero-order valence-electron chi connectivity index (χ0n) is 6.53. The summed E-state index contributed by atoms with van der Waals surface area (Å²) >= 11 is 1.57. The zero-order valence-corrected chi connectivity index (χ0v) is 7.35. The minimum atomic E-state index is 0.831. The fourth-order valence-electron chi connectivity index (χ4n) is 0.927. The summed E-state index contributed by atoms with van der Waals surface area (Å²) < 4.78 is 0. The third-order valence-corrected chi connectivity index (χ3v) is 2.13. The standard InChI is InChI=1S/C7H8N4S/c1-8-7-2-5(10-11-7)6-3-12-4-9-6/h2-4H,1H3,(H2,8,10,11). The molecule has 4 nitrogen and oxygen atoms in total. The third-order valence-electron chi connectivity index (χ3n) is 1.54. The van der Waals surface area contributed by atoms with Gasteiger partial charge < -0.3 is 5.32 Å². The van der Waals surface area contributed by atoms with Gasteiger partial charge in [-0.25, -0.2) is 4.98 Å². The van der Waals surface area contributed by atoms with Gasteiger partial charge in [-0.3, -0.25) is 5.10 Å². The Bertz CT molecular complexity index is 351. The van der Waals surface area contributed by atoms with E-state index in [9.17, 15) is 0 Å². The number of hydrogen-bond acceptors (Lipinski definition) is 4. The number of anilines is 1. The summed E-state index contributed by atoms with van der Waals surface area (Å²) in [4.78, 5) is 4.15. The third kappa shape index (κ3) is 1.18. The summed E-state index contributed by atoms with van der Waals surface area (Å²) in [5.74, 6) is 0.831. The average Bonchev–Trinajstić information content (AvgIpc) is 2.75. The van der Waals surface area contributed by atoms with Crippen molar-refractivity contribution in [3.05, 3.63) is 17.0 Å². The zero-order chi connectivity index (χ0) is 8.39. The number of thiazole rings is 1. The van der Waals surface area contributed by atoms with Gasteiger partial charge in [0.2, 0.25) is 0 Å². The number of H-pyrrole nitrogens is 1. The summed E-state index contributed by atoms with van der Waals surface area (Å²) in [5, 5.41) is 11.8. The Kier molecular flexibility index (Phi) is 1.79. The van der Waals surface area contributed by atoms with Gasteiger partial charge in [0, 0.05) is 18.5 Å². The van der Waals surface area contributed by atoms with Crippen molar-refractivity contribution in [3.63, 3.8) is 0 Å². The first-order chi connectivity index (χ1) is 5.90. The Morgan fingerprint density at radius 2 is 2.50 bits per heavy atom. The van der Waals surface area contributed by atoms with Crippen LogP contribution < -0.4 is 5.32 Å². The van der Waals surface area contributed by atoms with E-state index in [4.69, 9.17) is 0 Å². The van der Waals surface area contributed by atoms with Gasteiger partial charge in [-0.05, 0) is 0 Å². The smallest absolute Gasteiger partial charge is 0.148 e. The lowest BCUT2D eigenvalue weighted by molar-refractivity contribution is 1.09. The van der Waals surface area contributed by atoms with Crippen molar-refractivity contribution >= 4 is 17.2 Å². The molecule has 0 radical (unpaired) electrons. The molecule has 12 heavy (non-hydrogen) atoms. The van der Waals surface area contributed by atoms with Crippen LogP contribution in [0.5, 0.6) is 0 Å². The molecule has 2 aromatic rings. The van der Waals surface area contributed by atoms with Gasteiger partial charge in [-0.2, -0.15) is 5.10 Å². The Labute approximate surface area is 73.7 Å². The molecule has 0 aliphatic carbocycles. The number of nitrogens with zero attached hydrogens (tertiary/aromatic N) is 2. The molecule has 0 atom stereocenters. The fourth-order valence-corrected chi connectivity index (χ4v) is 1.48. The normalized spacial score (nSPS) is 10.1. The van der Waals surface area contributed by atoms with Crippen LogP contribution in [0.1, 0.15) is 0 Å². The molecule has 0 aliphatic rings. The van der Waals surface area contributed by atoms with E-state index in [2.05, 4.69) is 20.5 Å². The largest absolute Gasteiger partial charge is 0.372 e. The van der Waals surface area contributed by atoms with Gasteiger partial charge in [0.05, 0.1) is 16.9 Å². The van der Waals surface area contributed by atoms with Crippen LogP contribution in [0.3, 0.4) is 0 Å². The molecule has 2 rings (SSSR count). The Morgan fingerprint density at radius 3 is 3.08 bits per heavy atom. The quantitative estimate of drug-likeness (QED) is 0.737. The molecule has 0 aromatic carbocycles. The number of rotatable bonds is 2. The Balaban J connectivity index is 2.35. The lowest BCUT2D eigenvalue weighted by Crippen LogP contribution is -1.85. The van der Waals surface area contributed by atoms with Crippen molar-refractivity contribution in [1.82, 2.24) is 15.2 Å². The highest BCUT2D eigenvalue weighted by Gasteiger charge is 2.02. The van der Waals surface area contributed by atoms with Gasteiger partial charge in [0.25, 0.3) is 0 Å². The molecule has 0 spiro atoms. The lowest BCUT2D eigenvalue weighted by atomic mass is 10.3. The van der Waals surface area contributed by atoms with Gasteiger partial charge in [-0.1, -0.05) is 0 Å². The maximum absolute atomic E-state index is 4.15. The highest BCUT2D eigenvalue weighted by molar-refractivity contribution is 7.07. The van der Waals surface area contributed by atoms with E-state index in [0.29, 0.717) is 0 Å². The molecule has 2 N–H and O–H groups in total. The van der Waals surface area contributed by atoms with Crippen molar-refractivity contribution in [1.29, 1.82) is 0 Å². The topological polar surface area (TPSA) is 53.6 Å². The molecule has 0 aliphatic heterocycles. The molecule has 0 saturated heterocycles. The number of aromatic nitrogens is 3. The maximum atomic E-state index is 4.15. The molecule has 62 valence electrons. The van der Waals surface area contributed by atoms with Crippen LogP contribution in [0.4, 0.5) is 5.82 Å². The summed E-state index contributed by atoms with van der Waals surface area (Å²) in [6, 6.07) is 1.93. The number of aromatic amines is 1. The molecule has 0 bridgehead atoms. The van der Waals surface area contributed by atoms with Crippen LogP contribution >= 0.6 is 11.3 Å². The minimum absolute atomic E-state index is 0.831. The molecule has 0 fully saturated rings. The van der Waals surface area contributed by atoms with Crippen LogP contribution in [0.15, 0.2) is 17.0 Å². The SMILES string of the molecule is CNc1cc(-c2cscn2)[nH]n1. The van der Waals surface area contributed by atoms with Crippen molar-refractivity contribution in [3.8, 4) is 11.4 Å². The van der Waals surface area contributed by atoms with Crippen molar-refractivity contribution in [2.24, 2.45) is 0 Å². The van der Waals surface area contributed by atoms with Crippen molar-refractivity contribution in [2.45, 2.75) is 0 Å². The minimum Gasteiger partial charge on any atom is -0.372 e. The first-order valence-corrected chi connectivity index (χ1v) is 4.46.